The number of anilines is 1. The summed E-state index contributed by atoms with van der Waals surface area (Å²) in [5.41, 5.74) is -1.08. The summed E-state index contributed by atoms with van der Waals surface area (Å²) in [6.45, 7) is 5.15. The van der Waals surface area contributed by atoms with Crippen LogP contribution < -0.4 is 36.6 Å². The van der Waals surface area contributed by atoms with Crippen molar-refractivity contribution >= 4 is 77.0 Å². The number of halogens is 2. The molecule has 73 heavy (non-hydrogen) atoms. The summed E-state index contributed by atoms with van der Waals surface area (Å²) in [7, 11) is 0.869. The first-order chi connectivity index (χ1) is 34.6. The van der Waals surface area contributed by atoms with Gasteiger partial charge in [-0.05, 0) is 43.9 Å². The van der Waals surface area contributed by atoms with Crippen molar-refractivity contribution in [1.82, 2.24) is 26.6 Å². The molecular formula is C47H66F2N6O17S. The average Bonchev–Trinajstić information content (AvgIpc) is 3.87. The molecule has 3 heterocycles. The van der Waals surface area contributed by atoms with Gasteiger partial charge in [0.25, 0.3) is 6.43 Å². The lowest BCUT2D eigenvalue weighted by Crippen LogP contribution is -2.71. The van der Waals surface area contributed by atoms with Crippen molar-refractivity contribution in [1.29, 1.82) is 0 Å². The fraction of sp³-hybridized carbons (Fsp3) is 0.660. The minimum atomic E-state index is -3.36. The number of amides is 6. The highest BCUT2D eigenvalue weighted by atomic mass is 32.2. The molecule has 23 nitrogen and oxygen atoms in total. The second kappa shape index (κ2) is 28.8. The van der Waals surface area contributed by atoms with Gasteiger partial charge in [-0.15, -0.1) is 0 Å². The van der Waals surface area contributed by atoms with E-state index < -0.39 is 115 Å². The Kier molecular flexibility index (Phi) is 23.4. The van der Waals surface area contributed by atoms with Crippen molar-refractivity contribution in [3.8, 4) is 5.75 Å². The molecule has 3 aliphatic heterocycles. The minimum absolute atomic E-state index is 0.00418. The van der Waals surface area contributed by atoms with Gasteiger partial charge in [-0.3, -0.25) is 38.4 Å². The van der Waals surface area contributed by atoms with Gasteiger partial charge in [0.1, 0.15) is 18.5 Å². The van der Waals surface area contributed by atoms with Crippen LogP contribution in [0.2, 0.25) is 0 Å². The lowest BCUT2D eigenvalue weighted by Gasteiger charge is -2.48. The lowest BCUT2D eigenvalue weighted by molar-refractivity contribution is -0.306. The van der Waals surface area contributed by atoms with E-state index in [4.69, 9.17) is 33.2 Å². The maximum absolute atomic E-state index is 14.9. The van der Waals surface area contributed by atoms with Crippen molar-refractivity contribution in [3.63, 3.8) is 0 Å². The summed E-state index contributed by atoms with van der Waals surface area (Å²) in [5, 5.41) is 16.9. The van der Waals surface area contributed by atoms with Gasteiger partial charge >= 0.3 is 41.7 Å². The molecule has 0 bridgehead atoms. The van der Waals surface area contributed by atoms with E-state index in [0.717, 1.165) is 104 Å². The lowest BCUT2D eigenvalue weighted by atomic mass is 9.88. The third-order valence-corrected chi connectivity index (χ3v) is 13.2. The van der Waals surface area contributed by atoms with Crippen LogP contribution in [0.3, 0.4) is 0 Å². The number of fused-ring (bicyclic) bond motifs is 1. The Labute approximate surface area is 425 Å². The van der Waals surface area contributed by atoms with Crippen LogP contribution in [0.4, 0.5) is 19.3 Å². The fourth-order valence-electron chi connectivity index (χ4n) is 8.53. The molecule has 4 rings (SSSR count). The molecule has 26 heteroatoms. The summed E-state index contributed by atoms with van der Waals surface area (Å²) >= 11 is 1.85. The number of carbonyl (C=O) groups is 10. The van der Waals surface area contributed by atoms with Crippen LogP contribution in [-0.4, -0.2) is 146 Å². The molecule has 3 aliphatic rings. The topological polar surface area (TPSA) is 307 Å². The third-order valence-electron chi connectivity index (χ3n) is 11.7. The highest BCUT2D eigenvalue weighted by Crippen LogP contribution is 2.41. The molecule has 3 fully saturated rings. The number of ether oxygens (including phenoxy) is 7. The number of carbonyl (C=O) groups excluding carboxylic acids is 10. The highest BCUT2D eigenvalue weighted by molar-refractivity contribution is 8.00. The molecule has 9 unspecified atom stereocenters. The normalized spacial score (nSPS) is 22.7. The van der Waals surface area contributed by atoms with Gasteiger partial charge in [-0.25, -0.2) is 18.4 Å². The van der Waals surface area contributed by atoms with Crippen LogP contribution in [0.5, 0.6) is 5.75 Å². The second-order valence-electron chi connectivity index (χ2n) is 17.6. The molecule has 9 atom stereocenters. The average molecular weight is 1060 g/mol. The standard InChI is InChI=1S/C47H66F2N6O17S/c1-25(56)52-32-22-37(69-28(4)59)47(45(64)66-6,72-42(32)43(70-29(5)60)35(68-27(3)58)23-67-26(2)57)71-34-16-15-30(21-31(34)44(48)49)53-40(63)18-17-39(62)51-20-12-8-7-11-19-50-38(61)14-10-9-13-36-41-33(24-73-36)54-46(65)55-41/h15-16,21,32-33,35-37,41-44H,7-14,17-20,22-24H2,1-6H3,(H,50,61)(H,51,62)(H,52,56)(H,53,63)(H2,54,55,65). The van der Waals surface area contributed by atoms with Crippen molar-refractivity contribution in [3.05, 3.63) is 23.8 Å². The van der Waals surface area contributed by atoms with Crippen LogP contribution in [-0.2, 0) is 71.6 Å². The number of benzene rings is 1. The van der Waals surface area contributed by atoms with Crippen LogP contribution in [0.1, 0.15) is 117 Å². The summed E-state index contributed by atoms with van der Waals surface area (Å²) in [4.78, 5) is 125. The molecular weight excluding hydrogens is 991 g/mol. The zero-order valence-corrected chi connectivity index (χ0v) is 42.5. The number of unbranched alkanes of at least 4 members (excludes halogenated alkanes) is 4. The van der Waals surface area contributed by atoms with Gasteiger partial charge in [0.05, 0.1) is 30.8 Å². The van der Waals surface area contributed by atoms with Crippen molar-refractivity contribution in [2.45, 2.75) is 165 Å². The third kappa shape index (κ3) is 18.6. The summed E-state index contributed by atoms with van der Waals surface area (Å²) in [6.07, 6.45) is -5.65. The largest absolute Gasteiger partial charge is 0.464 e. The highest BCUT2D eigenvalue weighted by Gasteiger charge is 2.63. The van der Waals surface area contributed by atoms with Gasteiger partial charge in [0.2, 0.25) is 23.6 Å². The Hall–Kier alpha value is -6.31. The van der Waals surface area contributed by atoms with Crippen LogP contribution in [0.15, 0.2) is 18.2 Å². The number of hydrogen-bond acceptors (Lipinski definition) is 18. The number of urea groups is 1. The van der Waals surface area contributed by atoms with E-state index in [2.05, 4.69) is 31.9 Å². The van der Waals surface area contributed by atoms with Gasteiger partial charge in [0.15, 0.2) is 18.3 Å². The summed E-state index contributed by atoms with van der Waals surface area (Å²) in [6, 6.07) is 1.75. The van der Waals surface area contributed by atoms with Gasteiger partial charge in [0, 0.05) is 90.1 Å². The first-order valence-corrected chi connectivity index (χ1v) is 25.0. The van der Waals surface area contributed by atoms with Crippen LogP contribution >= 0.6 is 11.8 Å². The Morgan fingerprint density at radius 2 is 1.47 bits per heavy atom. The Morgan fingerprint density at radius 3 is 2.07 bits per heavy atom. The smallest absolute Gasteiger partial charge is 0.383 e. The van der Waals surface area contributed by atoms with E-state index in [1.165, 1.54) is 0 Å². The van der Waals surface area contributed by atoms with E-state index in [0.29, 0.717) is 31.2 Å². The number of alkyl halides is 2. The molecule has 0 radical (unpaired) electrons. The number of hydrogen-bond donors (Lipinski definition) is 6. The molecule has 0 saturated carbocycles. The monoisotopic (exact) mass is 1060 g/mol. The maximum Gasteiger partial charge on any atom is 0.383 e. The molecule has 1 aromatic carbocycles. The molecule has 3 saturated heterocycles. The minimum Gasteiger partial charge on any atom is -0.464 e. The maximum atomic E-state index is 14.9. The molecule has 6 amide bonds. The number of esters is 5. The first kappa shape index (κ1) is 59.3. The predicted octanol–water partition coefficient (Wildman–Crippen LogP) is 2.76. The van der Waals surface area contributed by atoms with Crippen molar-refractivity contribution < 1.29 is 89.9 Å². The molecule has 0 aliphatic carbocycles. The Morgan fingerprint density at radius 1 is 0.808 bits per heavy atom. The Bertz CT molecular complexity index is 2160. The molecule has 6 N–H and O–H groups in total. The van der Waals surface area contributed by atoms with E-state index >= 15 is 0 Å². The second-order valence-corrected chi connectivity index (χ2v) is 18.9. The van der Waals surface area contributed by atoms with E-state index in [1.54, 1.807) is 0 Å². The SMILES string of the molecule is COC(=O)C1(Oc2ccc(NC(=O)CCC(=O)NCCCCCCNC(=O)CCCCC3SCC4NC(=O)NC43)cc2C(F)F)OC(C(OC(C)=O)C(COC(C)=O)OC(C)=O)C(NC(C)=O)CC1OC(C)=O. The molecule has 0 spiro atoms. The number of thioether (sulfide) groups is 1. The molecule has 0 aromatic heterocycles. The molecule has 406 valence electrons. The first-order valence-electron chi connectivity index (χ1n) is 23.9. The number of rotatable bonds is 28. The van der Waals surface area contributed by atoms with Crippen LogP contribution in [0.25, 0.3) is 0 Å². The zero-order chi connectivity index (χ0) is 53.8. The quantitative estimate of drug-likeness (QED) is 0.0304. The van der Waals surface area contributed by atoms with E-state index in [-0.39, 0.29) is 42.6 Å². The number of methoxy groups -OCH3 is 1. The summed E-state index contributed by atoms with van der Waals surface area (Å²) in [5.74, 6) is -10.0. The van der Waals surface area contributed by atoms with Gasteiger partial charge < -0.3 is 65.1 Å². The number of nitrogens with one attached hydrogen (secondary N) is 6. The Balaban J connectivity index is 1.33. The van der Waals surface area contributed by atoms with Crippen molar-refractivity contribution in [2.75, 3.05) is 37.9 Å². The van der Waals surface area contributed by atoms with E-state index in [9.17, 15) is 56.7 Å². The van der Waals surface area contributed by atoms with Gasteiger partial charge in [-0.2, -0.15) is 11.8 Å². The van der Waals surface area contributed by atoms with Gasteiger partial charge in [-0.1, -0.05) is 19.3 Å². The fourth-order valence-corrected chi connectivity index (χ4v) is 10.1. The van der Waals surface area contributed by atoms with Crippen LogP contribution in [0, 0.1) is 0 Å². The summed E-state index contributed by atoms with van der Waals surface area (Å²) < 4.78 is 68.2. The zero-order valence-electron chi connectivity index (χ0n) is 41.6. The van der Waals surface area contributed by atoms with E-state index in [1.807, 2.05) is 11.8 Å². The molecule has 1 aromatic rings. The predicted molar refractivity (Wildman–Crippen MR) is 253 cm³/mol. The van der Waals surface area contributed by atoms with Crippen molar-refractivity contribution in [2.24, 2.45) is 0 Å².